The third kappa shape index (κ3) is 4.13. The molecular formula is C20H18ClN3O2. The SMILES string of the molecule is Cc1c(Cl)cccc1Nc1ncccc1C(=O)NCc1ccc(O)cc1. The first-order chi connectivity index (χ1) is 12.5. The highest BCUT2D eigenvalue weighted by Crippen LogP contribution is 2.26. The maximum atomic E-state index is 12.6. The van der Waals surface area contributed by atoms with Crippen LogP contribution >= 0.6 is 11.6 Å². The van der Waals surface area contributed by atoms with Gasteiger partial charge in [0.2, 0.25) is 0 Å². The summed E-state index contributed by atoms with van der Waals surface area (Å²) in [4.78, 5) is 16.9. The second kappa shape index (κ2) is 7.89. The van der Waals surface area contributed by atoms with E-state index in [-0.39, 0.29) is 11.7 Å². The summed E-state index contributed by atoms with van der Waals surface area (Å²) in [6.07, 6.45) is 1.62. The molecule has 1 aromatic heterocycles. The molecule has 0 spiro atoms. The predicted octanol–water partition coefficient (Wildman–Crippen LogP) is 4.42. The molecule has 3 rings (SSSR count). The molecule has 2 aromatic carbocycles. The summed E-state index contributed by atoms with van der Waals surface area (Å²) in [5, 5.41) is 16.0. The molecule has 0 bridgehead atoms. The number of hydrogen-bond donors (Lipinski definition) is 3. The smallest absolute Gasteiger partial charge is 0.255 e. The second-order valence-electron chi connectivity index (χ2n) is 5.79. The van der Waals surface area contributed by atoms with Crippen molar-refractivity contribution in [3.05, 3.63) is 82.5 Å². The topological polar surface area (TPSA) is 74.2 Å². The van der Waals surface area contributed by atoms with Gasteiger partial charge in [-0.3, -0.25) is 4.79 Å². The summed E-state index contributed by atoms with van der Waals surface area (Å²) < 4.78 is 0. The minimum Gasteiger partial charge on any atom is -0.508 e. The Bertz CT molecular complexity index is 927. The largest absolute Gasteiger partial charge is 0.508 e. The molecule has 0 aliphatic carbocycles. The van der Waals surface area contributed by atoms with Gasteiger partial charge in [-0.1, -0.05) is 29.8 Å². The van der Waals surface area contributed by atoms with Crippen LogP contribution in [0.25, 0.3) is 0 Å². The van der Waals surface area contributed by atoms with Gasteiger partial charge in [-0.15, -0.1) is 0 Å². The molecule has 0 aliphatic rings. The molecule has 5 nitrogen and oxygen atoms in total. The first-order valence-electron chi connectivity index (χ1n) is 8.08. The molecule has 6 heteroatoms. The molecule has 3 N–H and O–H groups in total. The van der Waals surface area contributed by atoms with Crippen LogP contribution in [0, 0.1) is 6.92 Å². The normalized spacial score (nSPS) is 10.4. The molecule has 0 saturated carbocycles. The fraction of sp³-hybridized carbons (Fsp3) is 0.100. The molecule has 0 fully saturated rings. The molecule has 1 amide bonds. The number of amides is 1. The zero-order valence-corrected chi connectivity index (χ0v) is 14.9. The van der Waals surface area contributed by atoms with Gasteiger partial charge in [0.1, 0.15) is 11.6 Å². The van der Waals surface area contributed by atoms with Crippen molar-refractivity contribution < 1.29 is 9.90 Å². The van der Waals surface area contributed by atoms with Crippen LogP contribution in [0.4, 0.5) is 11.5 Å². The number of hydrogen-bond acceptors (Lipinski definition) is 4. The minimum atomic E-state index is -0.242. The van der Waals surface area contributed by atoms with Crippen LogP contribution in [0.15, 0.2) is 60.8 Å². The number of phenolic OH excluding ortho intramolecular Hbond substituents is 1. The Kier molecular flexibility index (Phi) is 5.39. The van der Waals surface area contributed by atoms with Crippen LogP contribution in [0.3, 0.4) is 0 Å². The van der Waals surface area contributed by atoms with Gasteiger partial charge in [0, 0.05) is 23.5 Å². The summed E-state index contributed by atoms with van der Waals surface area (Å²) in [5.74, 6) is 0.408. The van der Waals surface area contributed by atoms with Crippen molar-refractivity contribution in [2.45, 2.75) is 13.5 Å². The summed E-state index contributed by atoms with van der Waals surface area (Å²) in [5.41, 5.74) is 3.00. The highest BCUT2D eigenvalue weighted by atomic mass is 35.5. The molecule has 0 aliphatic heterocycles. The molecule has 1 heterocycles. The van der Waals surface area contributed by atoms with E-state index in [1.54, 1.807) is 42.6 Å². The van der Waals surface area contributed by atoms with Gasteiger partial charge in [0.15, 0.2) is 0 Å². The monoisotopic (exact) mass is 367 g/mol. The van der Waals surface area contributed by atoms with E-state index in [0.717, 1.165) is 16.8 Å². The van der Waals surface area contributed by atoms with E-state index in [0.29, 0.717) is 22.9 Å². The summed E-state index contributed by atoms with van der Waals surface area (Å²) in [6, 6.07) is 15.6. The fourth-order valence-electron chi connectivity index (χ4n) is 2.45. The van der Waals surface area contributed by atoms with E-state index in [1.165, 1.54) is 0 Å². The van der Waals surface area contributed by atoms with E-state index in [4.69, 9.17) is 11.6 Å². The molecule has 0 atom stereocenters. The van der Waals surface area contributed by atoms with Gasteiger partial charge in [-0.05, 0) is 54.4 Å². The number of nitrogens with one attached hydrogen (secondary N) is 2. The van der Waals surface area contributed by atoms with Crippen LogP contribution in [-0.4, -0.2) is 16.0 Å². The Labute approximate surface area is 156 Å². The Morgan fingerprint density at radius 3 is 2.65 bits per heavy atom. The summed E-state index contributed by atoms with van der Waals surface area (Å²) in [7, 11) is 0. The van der Waals surface area contributed by atoms with Crippen molar-refractivity contribution in [3.8, 4) is 5.75 Å². The molecule has 0 radical (unpaired) electrons. The van der Waals surface area contributed by atoms with Crippen molar-refractivity contribution in [2.75, 3.05) is 5.32 Å². The van der Waals surface area contributed by atoms with Crippen molar-refractivity contribution >= 4 is 29.0 Å². The van der Waals surface area contributed by atoms with Crippen LogP contribution in [0.2, 0.25) is 5.02 Å². The molecular weight excluding hydrogens is 350 g/mol. The Morgan fingerprint density at radius 1 is 1.12 bits per heavy atom. The zero-order chi connectivity index (χ0) is 18.5. The third-order valence-corrected chi connectivity index (χ3v) is 4.37. The standard InChI is InChI=1S/C20H18ClN3O2/c1-13-17(21)5-2-6-18(13)24-19-16(4-3-11-22-19)20(26)23-12-14-7-9-15(25)10-8-14/h2-11,25H,12H2,1H3,(H,22,24)(H,23,26). The first kappa shape index (κ1) is 17.8. The van der Waals surface area contributed by atoms with Gasteiger partial charge in [0.25, 0.3) is 5.91 Å². The highest BCUT2D eigenvalue weighted by Gasteiger charge is 2.13. The van der Waals surface area contributed by atoms with E-state index >= 15 is 0 Å². The number of carbonyl (C=O) groups is 1. The average molecular weight is 368 g/mol. The number of halogens is 1. The number of anilines is 2. The van der Waals surface area contributed by atoms with E-state index in [1.807, 2.05) is 25.1 Å². The quantitative estimate of drug-likeness (QED) is 0.624. The number of pyridine rings is 1. The average Bonchev–Trinajstić information content (AvgIpc) is 2.65. The Morgan fingerprint density at radius 2 is 1.88 bits per heavy atom. The summed E-state index contributed by atoms with van der Waals surface area (Å²) >= 11 is 6.15. The molecule has 3 aromatic rings. The van der Waals surface area contributed by atoms with Crippen LogP contribution in [-0.2, 0) is 6.54 Å². The van der Waals surface area contributed by atoms with Gasteiger partial charge < -0.3 is 15.7 Å². The Hall–Kier alpha value is -3.05. The maximum Gasteiger partial charge on any atom is 0.255 e. The van der Waals surface area contributed by atoms with Crippen LogP contribution < -0.4 is 10.6 Å². The van der Waals surface area contributed by atoms with Gasteiger partial charge in [-0.25, -0.2) is 4.98 Å². The van der Waals surface area contributed by atoms with Crippen molar-refractivity contribution in [1.82, 2.24) is 10.3 Å². The predicted molar refractivity (Wildman–Crippen MR) is 103 cm³/mol. The first-order valence-corrected chi connectivity index (χ1v) is 8.45. The lowest BCUT2D eigenvalue weighted by molar-refractivity contribution is 0.0951. The molecule has 0 saturated heterocycles. The molecule has 26 heavy (non-hydrogen) atoms. The van der Waals surface area contributed by atoms with Crippen molar-refractivity contribution in [1.29, 1.82) is 0 Å². The van der Waals surface area contributed by atoms with Gasteiger partial charge >= 0.3 is 0 Å². The van der Waals surface area contributed by atoms with E-state index in [2.05, 4.69) is 15.6 Å². The van der Waals surface area contributed by atoms with Gasteiger partial charge in [0.05, 0.1) is 5.56 Å². The third-order valence-electron chi connectivity index (χ3n) is 3.96. The van der Waals surface area contributed by atoms with E-state index < -0.39 is 0 Å². The molecule has 0 unspecified atom stereocenters. The highest BCUT2D eigenvalue weighted by molar-refractivity contribution is 6.31. The number of aromatic nitrogens is 1. The lowest BCUT2D eigenvalue weighted by Crippen LogP contribution is -2.24. The zero-order valence-electron chi connectivity index (χ0n) is 14.2. The summed E-state index contributed by atoms with van der Waals surface area (Å²) in [6.45, 7) is 2.25. The van der Waals surface area contributed by atoms with Gasteiger partial charge in [-0.2, -0.15) is 0 Å². The number of benzene rings is 2. The number of carbonyl (C=O) groups excluding carboxylic acids is 1. The van der Waals surface area contributed by atoms with E-state index in [9.17, 15) is 9.90 Å². The van der Waals surface area contributed by atoms with Crippen LogP contribution in [0.1, 0.15) is 21.5 Å². The number of nitrogens with zero attached hydrogens (tertiary/aromatic N) is 1. The minimum absolute atomic E-state index is 0.190. The second-order valence-corrected chi connectivity index (χ2v) is 6.19. The fourth-order valence-corrected chi connectivity index (χ4v) is 2.62. The van der Waals surface area contributed by atoms with Crippen LogP contribution in [0.5, 0.6) is 5.75 Å². The van der Waals surface area contributed by atoms with Crippen molar-refractivity contribution in [2.24, 2.45) is 0 Å². The lowest BCUT2D eigenvalue weighted by atomic mass is 10.1. The Balaban J connectivity index is 1.76. The number of rotatable bonds is 5. The number of phenols is 1. The molecule has 132 valence electrons. The lowest BCUT2D eigenvalue weighted by Gasteiger charge is -2.13. The van der Waals surface area contributed by atoms with Crippen molar-refractivity contribution in [3.63, 3.8) is 0 Å². The maximum absolute atomic E-state index is 12.6. The number of aromatic hydroxyl groups is 1.